The number of rotatable bonds is 1. The number of carbonyl (C=O) groups is 1. The molecule has 1 aromatic carbocycles. The van der Waals surface area contributed by atoms with Gasteiger partial charge in [-0.05, 0) is 37.0 Å². The van der Waals surface area contributed by atoms with Gasteiger partial charge in [-0.1, -0.05) is 0 Å². The normalized spacial score (nSPS) is 11.2. The predicted molar refractivity (Wildman–Crippen MR) is 71.6 cm³/mol. The number of Topliss-reactive ketones (excluding diaryl/α,β-unsaturated/α-hetero) is 1. The highest BCUT2D eigenvalue weighted by Gasteiger charge is 2.15. The molecule has 0 aliphatic rings. The Kier molecular flexibility index (Phi) is 2.27. The Labute approximate surface area is 105 Å². The predicted octanol–water partition coefficient (Wildman–Crippen LogP) is 2.29. The first-order chi connectivity index (χ1) is 8.58. The van der Waals surface area contributed by atoms with Crippen molar-refractivity contribution in [3.63, 3.8) is 0 Å². The number of hydrogen-bond acceptors (Lipinski definition) is 3. The fraction of sp³-hybridized carbons (Fsp3) is 0.143. The molecule has 4 heteroatoms. The van der Waals surface area contributed by atoms with Gasteiger partial charge >= 0.3 is 0 Å². The second kappa shape index (κ2) is 3.70. The van der Waals surface area contributed by atoms with Gasteiger partial charge < -0.3 is 4.42 Å². The summed E-state index contributed by atoms with van der Waals surface area (Å²) in [7, 11) is 5.84. The summed E-state index contributed by atoms with van der Waals surface area (Å²) in [6.45, 7) is 3.48. The van der Waals surface area contributed by atoms with E-state index in [4.69, 9.17) is 12.3 Å². The fourth-order valence-corrected chi connectivity index (χ4v) is 2.22. The Morgan fingerprint density at radius 3 is 2.72 bits per heavy atom. The minimum Gasteiger partial charge on any atom is -0.456 e. The topological polar surface area (TPSA) is 43.1 Å². The summed E-state index contributed by atoms with van der Waals surface area (Å²) in [5.74, 6) is -0.0192. The SMILES string of the molecule is [B]c1cncc2c1oc1c(C(C)=O)cc(C)cc12. The number of aryl methyl sites for hydroxylation is 1. The zero-order valence-corrected chi connectivity index (χ0v) is 10.2. The van der Waals surface area contributed by atoms with Gasteiger partial charge in [0.05, 0.1) is 5.56 Å². The van der Waals surface area contributed by atoms with Crippen LogP contribution in [-0.4, -0.2) is 18.6 Å². The maximum atomic E-state index is 11.7. The number of furan rings is 1. The van der Waals surface area contributed by atoms with Crippen molar-refractivity contribution in [1.82, 2.24) is 4.98 Å². The van der Waals surface area contributed by atoms with Gasteiger partial charge in [-0.25, -0.2) is 0 Å². The minimum absolute atomic E-state index is 0.0192. The molecular weight excluding hydrogens is 225 g/mol. The number of nitrogens with zero attached hydrogens (tertiary/aromatic N) is 1. The van der Waals surface area contributed by atoms with E-state index in [2.05, 4.69) is 4.98 Å². The Balaban J connectivity index is 2.57. The van der Waals surface area contributed by atoms with Crippen LogP contribution in [0, 0.1) is 6.92 Å². The van der Waals surface area contributed by atoms with Crippen LogP contribution in [0.15, 0.2) is 28.9 Å². The van der Waals surface area contributed by atoms with E-state index < -0.39 is 0 Å². The van der Waals surface area contributed by atoms with E-state index in [9.17, 15) is 4.79 Å². The highest BCUT2D eigenvalue weighted by atomic mass is 16.3. The Hall–Kier alpha value is -2.10. The van der Waals surface area contributed by atoms with E-state index >= 15 is 0 Å². The first-order valence-corrected chi connectivity index (χ1v) is 5.65. The fourth-order valence-electron chi connectivity index (χ4n) is 2.22. The number of aromatic nitrogens is 1. The standard InChI is InChI=1S/C14H10BNO2/c1-7-3-9(8(2)17)13-10(4-7)11-5-16-6-12(15)14(11)18-13/h3-6H,1-2H3. The van der Waals surface area contributed by atoms with Gasteiger partial charge in [0.25, 0.3) is 0 Å². The van der Waals surface area contributed by atoms with Crippen molar-refractivity contribution in [2.75, 3.05) is 0 Å². The third-order valence-corrected chi connectivity index (χ3v) is 3.03. The summed E-state index contributed by atoms with van der Waals surface area (Å²) in [6, 6.07) is 3.81. The molecule has 0 saturated carbocycles. The van der Waals surface area contributed by atoms with Gasteiger partial charge in [0.1, 0.15) is 19.0 Å². The second-order valence-electron chi connectivity index (χ2n) is 4.45. The summed E-state index contributed by atoms with van der Waals surface area (Å²) >= 11 is 0. The van der Waals surface area contributed by atoms with Crippen LogP contribution in [0.3, 0.4) is 0 Å². The number of pyridine rings is 1. The van der Waals surface area contributed by atoms with E-state index in [1.165, 1.54) is 6.92 Å². The van der Waals surface area contributed by atoms with Crippen molar-refractivity contribution in [2.45, 2.75) is 13.8 Å². The maximum Gasteiger partial charge on any atom is 0.163 e. The van der Waals surface area contributed by atoms with Crippen LogP contribution in [0.1, 0.15) is 22.8 Å². The second-order valence-corrected chi connectivity index (χ2v) is 4.45. The van der Waals surface area contributed by atoms with E-state index in [1.54, 1.807) is 12.4 Å². The van der Waals surface area contributed by atoms with Gasteiger partial charge in [0.2, 0.25) is 0 Å². The highest BCUT2D eigenvalue weighted by Crippen LogP contribution is 2.30. The number of fused-ring (bicyclic) bond motifs is 3. The summed E-state index contributed by atoms with van der Waals surface area (Å²) < 4.78 is 5.74. The van der Waals surface area contributed by atoms with Crippen LogP contribution in [0.4, 0.5) is 0 Å². The third-order valence-electron chi connectivity index (χ3n) is 3.03. The van der Waals surface area contributed by atoms with Gasteiger partial charge in [-0.15, -0.1) is 0 Å². The van der Waals surface area contributed by atoms with Crippen LogP contribution in [0.2, 0.25) is 0 Å². The number of carbonyl (C=O) groups excluding carboxylic acids is 1. The highest BCUT2D eigenvalue weighted by molar-refractivity contribution is 6.38. The van der Waals surface area contributed by atoms with Gasteiger partial charge in [-0.3, -0.25) is 9.78 Å². The molecule has 0 unspecified atom stereocenters. The summed E-state index contributed by atoms with van der Waals surface area (Å²) in [4.78, 5) is 15.7. The van der Waals surface area contributed by atoms with Gasteiger partial charge in [-0.2, -0.15) is 0 Å². The minimum atomic E-state index is -0.0192. The molecule has 0 saturated heterocycles. The molecule has 0 N–H and O–H groups in total. The quantitative estimate of drug-likeness (QED) is 0.480. The molecule has 86 valence electrons. The molecule has 0 fully saturated rings. The molecule has 0 spiro atoms. The molecule has 2 aromatic heterocycles. The molecule has 2 heterocycles. The van der Waals surface area contributed by atoms with E-state index in [1.807, 2.05) is 19.1 Å². The number of ketones is 1. The van der Waals surface area contributed by atoms with Crippen LogP contribution in [0.25, 0.3) is 21.9 Å². The molecule has 3 aromatic rings. The van der Waals surface area contributed by atoms with E-state index in [0.717, 1.165) is 16.3 Å². The molecule has 3 rings (SSSR count). The summed E-state index contributed by atoms with van der Waals surface area (Å²) in [5, 5.41) is 1.73. The summed E-state index contributed by atoms with van der Waals surface area (Å²) in [5.41, 5.74) is 3.25. The first kappa shape index (κ1) is 11.0. The van der Waals surface area contributed by atoms with Crippen LogP contribution in [0.5, 0.6) is 0 Å². The van der Waals surface area contributed by atoms with Crippen LogP contribution >= 0.6 is 0 Å². The van der Waals surface area contributed by atoms with Crippen molar-refractivity contribution >= 4 is 41.0 Å². The molecule has 3 nitrogen and oxygen atoms in total. The van der Waals surface area contributed by atoms with Gasteiger partial charge in [0, 0.05) is 23.2 Å². The Morgan fingerprint density at radius 1 is 1.22 bits per heavy atom. The molecule has 0 bridgehead atoms. The molecule has 0 atom stereocenters. The lowest BCUT2D eigenvalue weighted by Gasteiger charge is -1.99. The summed E-state index contributed by atoms with van der Waals surface area (Å²) in [6.07, 6.45) is 3.26. The molecule has 0 aliphatic heterocycles. The maximum absolute atomic E-state index is 11.7. The Bertz CT molecular complexity index is 789. The zero-order valence-electron chi connectivity index (χ0n) is 10.2. The van der Waals surface area contributed by atoms with Crippen LogP contribution in [-0.2, 0) is 0 Å². The van der Waals surface area contributed by atoms with Crippen molar-refractivity contribution in [1.29, 1.82) is 0 Å². The average molecular weight is 235 g/mol. The number of benzene rings is 1. The largest absolute Gasteiger partial charge is 0.456 e. The van der Waals surface area contributed by atoms with Crippen molar-refractivity contribution in [2.24, 2.45) is 0 Å². The molecular formula is C14H10BNO2. The zero-order chi connectivity index (χ0) is 12.9. The first-order valence-electron chi connectivity index (χ1n) is 5.65. The molecule has 0 aliphatic carbocycles. The molecule has 2 radical (unpaired) electrons. The average Bonchev–Trinajstić information content (AvgIpc) is 2.68. The molecule has 0 amide bonds. The third kappa shape index (κ3) is 1.45. The lowest BCUT2D eigenvalue weighted by atomic mass is 9.96. The van der Waals surface area contributed by atoms with Gasteiger partial charge in [0.15, 0.2) is 5.78 Å². The van der Waals surface area contributed by atoms with E-state index in [0.29, 0.717) is 22.2 Å². The van der Waals surface area contributed by atoms with Crippen molar-refractivity contribution in [3.05, 3.63) is 35.7 Å². The smallest absolute Gasteiger partial charge is 0.163 e. The monoisotopic (exact) mass is 235 g/mol. The lowest BCUT2D eigenvalue weighted by Crippen LogP contribution is -2.02. The Morgan fingerprint density at radius 2 is 2.00 bits per heavy atom. The lowest BCUT2D eigenvalue weighted by molar-refractivity contribution is 0.101. The van der Waals surface area contributed by atoms with Crippen molar-refractivity contribution < 1.29 is 9.21 Å². The number of hydrogen-bond donors (Lipinski definition) is 0. The molecule has 18 heavy (non-hydrogen) atoms. The van der Waals surface area contributed by atoms with Crippen molar-refractivity contribution in [3.8, 4) is 0 Å². The van der Waals surface area contributed by atoms with Crippen LogP contribution < -0.4 is 5.46 Å². The van der Waals surface area contributed by atoms with E-state index in [-0.39, 0.29) is 5.78 Å².